The lowest BCUT2D eigenvalue weighted by atomic mass is 10.1. The summed E-state index contributed by atoms with van der Waals surface area (Å²) in [5.41, 5.74) is 2.65. The zero-order valence-electron chi connectivity index (χ0n) is 9.82. The van der Waals surface area contributed by atoms with Crippen LogP contribution in [-0.2, 0) is 0 Å². The third-order valence-electron chi connectivity index (χ3n) is 3.75. The van der Waals surface area contributed by atoms with Crippen molar-refractivity contribution < 1.29 is 0 Å². The Bertz CT molecular complexity index is 373. The minimum Gasteiger partial charge on any atom is -0.367 e. The number of nitrogens with one attached hydrogen (secondary N) is 1. The second kappa shape index (κ2) is 4.06. The first-order chi connectivity index (χ1) is 7.84. The highest BCUT2D eigenvalue weighted by atomic mass is 15.2. The lowest BCUT2D eigenvalue weighted by Crippen LogP contribution is -2.52. The first-order valence-electron chi connectivity index (χ1n) is 6.23. The van der Waals surface area contributed by atoms with Crippen molar-refractivity contribution in [3.63, 3.8) is 0 Å². The molecule has 2 aliphatic rings. The quantitative estimate of drug-likeness (QED) is 0.815. The minimum atomic E-state index is 0.702. The number of anilines is 1. The van der Waals surface area contributed by atoms with E-state index in [4.69, 9.17) is 0 Å². The van der Waals surface area contributed by atoms with Crippen molar-refractivity contribution in [3.8, 4) is 0 Å². The highest BCUT2D eigenvalue weighted by Gasteiger charge is 2.34. The predicted octanol–water partition coefficient (Wildman–Crippen LogP) is 1.58. The molecule has 1 unspecified atom stereocenters. The van der Waals surface area contributed by atoms with Gasteiger partial charge in [-0.05, 0) is 37.3 Å². The Morgan fingerprint density at radius 3 is 3.06 bits per heavy atom. The molecule has 1 aliphatic heterocycles. The Morgan fingerprint density at radius 1 is 1.44 bits per heavy atom. The molecule has 0 radical (unpaired) electrons. The van der Waals surface area contributed by atoms with Crippen molar-refractivity contribution >= 4 is 5.69 Å². The van der Waals surface area contributed by atoms with Crippen molar-refractivity contribution in [2.45, 2.75) is 25.8 Å². The molecule has 3 nitrogen and oxygen atoms in total. The van der Waals surface area contributed by atoms with Crippen molar-refractivity contribution in [2.75, 3.05) is 24.5 Å². The van der Waals surface area contributed by atoms with E-state index in [0.29, 0.717) is 6.04 Å². The summed E-state index contributed by atoms with van der Waals surface area (Å²) in [6, 6.07) is 2.80. The SMILES string of the molecule is Cc1ccncc1N1CCNC(C2CC2)C1. The summed E-state index contributed by atoms with van der Waals surface area (Å²) in [4.78, 5) is 6.73. The van der Waals surface area contributed by atoms with E-state index >= 15 is 0 Å². The fourth-order valence-electron chi connectivity index (χ4n) is 2.60. The van der Waals surface area contributed by atoms with E-state index in [1.165, 1.54) is 24.1 Å². The Labute approximate surface area is 96.9 Å². The van der Waals surface area contributed by atoms with Gasteiger partial charge in [0.1, 0.15) is 0 Å². The molecule has 2 fully saturated rings. The standard InChI is InChI=1S/C13H19N3/c1-10-4-5-14-8-13(10)16-7-6-15-12(9-16)11-2-3-11/h4-5,8,11-12,15H,2-3,6-7,9H2,1H3. The molecule has 16 heavy (non-hydrogen) atoms. The number of aryl methyl sites for hydroxylation is 1. The Kier molecular flexibility index (Phi) is 2.56. The van der Waals surface area contributed by atoms with Crippen LogP contribution in [0.3, 0.4) is 0 Å². The molecular weight excluding hydrogens is 198 g/mol. The fraction of sp³-hybridized carbons (Fsp3) is 0.615. The van der Waals surface area contributed by atoms with Crippen LogP contribution in [-0.4, -0.2) is 30.7 Å². The number of aromatic nitrogens is 1. The van der Waals surface area contributed by atoms with E-state index in [9.17, 15) is 0 Å². The largest absolute Gasteiger partial charge is 0.367 e. The predicted molar refractivity (Wildman–Crippen MR) is 65.7 cm³/mol. The number of piperazine rings is 1. The summed E-state index contributed by atoms with van der Waals surface area (Å²) in [5, 5.41) is 3.64. The third kappa shape index (κ3) is 1.92. The molecule has 0 amide bonds. The van der Waals surface area contributed by atoms with Gasteiger partial charge in [0, 0.05) is 31.9 Å². The lowest BCUT2D eigenvalue weighted by molar-refractivity contribution is 0.418. The van der Waals surface area contributed by atoms with E-state index in [0.717, 1.165) is 25.6 Å². The van der Waals surface area contributed by atoms with Crippen LogP contribution in [0.15, 0.2) is 18.5 Å². The van der Waals surface area contributed by atoms with Gasteiger partial charge in [0.15, 0.2) is 0 Å². The zero-order chi connectivity index (χ0) is 11.0. The van der Waals surface area contributed by atoms with Crippen LogP contribution < -0.4 is 10.2 Å². The highest BCUT2D eigenvalue weighted by molar-refractivity contribution is 5.51. The molecule has 1 N–H and O–H groups in total. The first-order valence-corrected chi connectivity index (χ1v) is 6.23. The molecule has 1 aliphatic carbocycles. The maximum atomic E-state index is 4.24. The average molecular weight is 217 g/mol. The van der Waals surface area contributed by atoms with Crippen LogP contribution in [0.4, 0.5) is 5.69 Å². The van der Waals surface area contributed by atoms with Crippen LogP contribution in [0.25, 0.3) is 0 Å². The van der Waals surface area contributed by atoms with Gasteiger partial charge in [-0.25, -0.2) is 0 Å². The monoisotopic (exact) mass is 217 g/mol. The maximum Gasteiger partial charge on any atom is 0.0583 e. The van der Waals surface area contributed by atoms with E-state index in [1.54, 1.807) is 0 Å². The van der Waals surface area contributed by atoms with Gasteiger partial charge in [-0.1, -0.05) is 0 Å². The summed E-state index contributed by atoms with van der Waals surface area (Å²) in [6.07, 6.45) is 6.71. The van der Waals surface area contributed by atoms with Gasteiger partial charge in [0.25, 0.3) is 0 Å². The molecule has 2 heterocycles. The summed E-state index contributed by atoms with van der Waals surface area (Å²) < 4.78 is 0. The minimum absolute atomic E-state index is 0.702. The molecule has 3 rings (SSSR count). The molecule has 3 heteroatoms. The van der Waals surface area contributed by atoms with Crippen molar-refractivity contribution in [1.82, 2.24) is 10.3 Å². The molecule has 0 bridgehead atoms. The first kappa shape index (κ1) is 10.1. The van der Waals surface area contributed by atoms with Crippen molar-refractivity contribution in [2.24, 2.45) is 5.92 Å². The molecule has 1 aromatic rings. The number of hydrogen-bond donors (Lipinski definition) is 1. The molecule has 1 saturated heterocycles. The van der Waals surface area contributed by atoms with E-state index in [-0.39, 0.29) is 0 Å². The second-order valence-electron chi connectivity index (χ2n) is 5.01. The van der Waals surface area contributed by atoms with Crippen LogP contribution >= 0.6 is 0 Å². The molecule has 1 saturated carbocycles. The zero-order valence-corrected chi connectivity index (χ0v) is 9.82. The molecule has 1 atom stereocenters. The molecule has 86 valence electrons. The van der Waals surface area contributed by atoms with Gasteiger partial charge in [0.2, 0.25) is 0 Å². The van der Waals surface area contributed by atoms with E-state index < -0.39 is 0 Å². The number of pyridine rings is 1. The number of rotatable bonds is 2. The third-order valence-corrected chi connectivity index (χ3v) is 3.75. The smallest absolute Gasteiger partial charge is 0.0583 e. The second-order valence-corrected chi connectivity index (χ2v) is 5.01. The van der Waals surface area contributed by atoms with E-state index in [1.807, 2.05) is 12.4 Å². The number of hydrogen-bond acceptors (Lipinski definition) is 3. The lowest BCUT2D eigenvalue weighted by Gasteiger charge is -2.36. The van der Waals surface area contributed by atoms with Gasteiger partial charge in [-0.15, -0.1) is 0 Å². The van der Waals surface area contributed by atoms with Gasteiger partial charge in [0.05, 0.1) is 11.9 Å². The van der Waals surface area contributed by atoms with Gasteiger partial charge in [-0.3, -0.25) is 4.98 Å². The van der Waals surface area contributed by atoms with Crippen LogP contribution in [0.2, 0.25) is 0 Å². The molecule has 1 aromatic heterocycles. The van der Waals surface area contributed by atoms with Crippen molar-refractivity contribution in [3.05, 3.63) is 24.0 Å². The maximum absolute atomic E-state index is 4.24. The topological polar surface area (TPSA) is 28.2 Å². The Balaban J connectivity index is 1.76. The Hall–Kier alpha value is -1.09. The summed E-state index contributed by atoms with van der Waals surface area (Å²) in [7, 11) is 0. The molecular formula is C13H19N3. The van der Waals surface area contributed by atoms with Crippen LogP contribution in [0, 0.1) is 12.8 Å². The van der Waals surface area contributed by atoms with E-state index in [2.05, 4.69) is 28.2 Å². The van der Waals surface area contributed by atoms with Crippen molar-refractivity contribution in [1.29, 1.82) is 0 Å². The summed E-state index contributed by atoms with van der Waals surface area (Å²) >= 11 is 0. The van der Waals surface area contributed by atoms with Crippen LogP contribution in [0.5, 0.6) is 0 Å². The van der Waals surface area contributed by atoms with Crippen LogP contribution in [0.1, 0.15) is 18.4 Å². The van der Waals surface area contributed by atoms with Gasteiger partial charge >= 0.3 is 0 Å². The normalized spacial score (nSPS) is 25.8. The summed E-state index contributed by atoms with van der Waals surface area (Å²) in [6.45, 7) is 5.54. The van der Waals surface area contributed by atoms with Gasteiger partial charge in [-0.2, -0.15) is 0 Å². The van der Waals surface area contributed by atoms with Gasteiger partial charge < -0.3 is 10.2 Å². The summed E-state index contributed by atoms with van der Waals surface area (Å²) in [5.74, 6) is 0.930. The Morgan fingerprint density at radius 2 is 2.31 bits per heavy atom. The highest BCUT2D eigenvalue weighted by Crippen LogP contribution is 2.34. The molecule has 0 aromatic carbocycles. The fourth-order valence-corrected chi connectivity index (χ4v) is 2.60. The average Bonchev–Trinajstić information content (AvgIpc) is 3.14. The number of nitrogens with zero attached hydrogens (tertiary/aromatic N) is 2. The molecule has 0 spiro atoms.